The number of hydrogen-bond acceptors (Lipinski definition) is 5. The lowest BCUT2D eigenvalue weighted by molar-refractivity contribution is -0.0264. The van der Waals surface area contributed by atoms with Crippen molar-refractivity contribution in [3.05, 3.63) is 41.5 Å². The van der Waals surface area contributed by atoms with E-state index < -0.39 is 16.1 Å². The molecule has 0 radical (unpaired) electrons. The highest BCUT2D eigenvalue weighted by atomic mass is 32.2. The van der Waals surface area contributed by atoms with E-state index >= 15 is 0 Å². The molecule has 4 atom stereocenters. The molecule has 3 aliphatic rings. The molecule has 4 rings (SSSR count). The number of aliphatic hydroxyl groups excluding tert-OH is 1. The Kier molecular flexibility index (Phi) is 6.56. The normalized spacial score (nSPS) is 25.3. The van der Waals surface area contributed by atoms with E-state index in [0.29, 0.717) is 31.1 Å². The molecular weight excluding hydrogens is 388 g/mol. The molecule has 1 saturated carbocycles. The predicted molar refractivity (Wildman–Crippen MR) is 114 cm³/mol. The molecule has 6 nitrogen and oxygen atoms in total. The summed E-state index contributed by atoms with van der Waals surface area (Å²) in [5, 5.41) is 15.5. The third-order valence-electron chi connectivity index (χ3n) is 7.01. The Labute approximate surface area is 174 Å². The van der Waals surface area contributed by atoms with Gasteiger partial charge in [0.15, 0.2) is 0 Å². The van der Waals surface area contributed by atoms with Gasteiger partial charge >= 0.3 is 0 Å². The predicted octanol–water partition coefficient (Wildman–Crippen LogP) is 2.70. The molecular formula is C22H34N2O4S. The molecule has 2 bridgehead atoms. The molecule has 0 saturated heterocycles. The number of benzene rings is 1. The van der Waals surface area contributed by atoms with E-state index in [4.69, 9.17) is 9.88 Å². The van der Waals surface area contributed by atoms with Gasteiger partial charge in [0.1, 0.15) is 0 Å². The van der Waals surface area contributed by atoms with Gasteiger partial charge in [-0.15, -0.1) is 0 Å². The molecule has 3 aliphatic carbocycles. The summed E-state index contributed by atoms with van der Waals surface area (Å²) < 4.78 is 28.6. The van der Waals surface area contributed by atoms with E-state index in [-0.39, 0.29) is 10.9 Å². The minimum atomic E-state index is -3.69. The standard InChI is InChI=1S/C22H34N2O4S/c1-15(16-6-9-20(10-7-16)29(23,26)27)24(4)12-19(25)14-28-13-17-5-8-18-11-21(17)22(18,2)3/h5-7,9-10,15,18-19,21,25H,8,11-14H2,1-4H3,(H2,23,26,27). The highest BCUT2D eigenvalue weighted by Gasteiger charge is 2.50. The lowest BCUT2D eigenvalue weighted by Gasteiger charge is -2.56. The van der Waals surface area contributed by atoms with Crippen LogP contribution in [0.5, 0.6) is 0 Å². The quantitative estimate of drug-likeness (QED) is 0.597. The molecule has 0 amide bonds. The molecule has 1 aromatic rings. The van der Waals surface area contributed by atoms with Crippen molar-refractivity contribution < 1.29 is 18.3 Å². The van der Waals surface area contributed by atoms with Crippen LogP contribution in [0.4, 0.5) is 0 Å². The first-order chi connectivity index (χ1) is 13.5. The summed E-state index contributed by atoms with van der Waals surface area (Å²) >= 11 is 0. The van der Waals surface area contributed by atoms with Gasteiger partial charge in [0.05, 0.1) is 24.2 Å². The van der Waals surface area contributed by atoms with E-state index in [1.807, 2.05) is 18.9 Å². The third-order valence-corrected chi connectivity index (χ3v) is 7.94. The fourth-order valence-electron chi connectivity index (χ4n) is 4.69. The average molecular weight is 423 g/mol. The van der Waals surface area contributed by atoms with Crippen LogP contribution in [-0.4, -0.2) is 51.3 Å². The van der Waals surface area contributed by atoms with E-state index in [1.165, 1.54) is 24.1 Å². The van der Waals surface area contributed by atoms with Crippen LogP contribution < -0.4 is 5.14 Å². The number of sulfonamides is 1. The first kappa shape index (κ1) is 22.4. The summed E-state index contributed by atoms with van der Waals surface area (Å²) in [5.74, 6) is 1.44. The third kappa shape index (κ3) is 4.91. The average Bonchev–Trinajstić information content (AvgIpc) is 2.66. The maximum Gasteiger partial charge on any atom is 0.238 e. The lowest BCUT2D eigenvalue weighted by atomic mass is 9.49. The SMILES string of the molecule is CC(c1ccc(S(N)(=O)=O)cc1)N(C)CC(O)COCC1=CCC2CC1C2(C)C. The molecule has 0 aliphatic heterocycles. The second kappa shape index (κ2) is 8.47. The van der Waals surface area contributed by atoms with E-state index in [2.05, 4.69) is 19.9 Å². The summed E-state index contributed by atoms with van der Waals surface area (Å²) in [4.78, 5) is 2.13. The van der Waals surface area contributed by atoms with Crippen molar-refractivity contribution in [3.8, 4) is 0 Å². The Morgan fingerprint density at radius 3 is 2.52 bits per heavy atom. The minimum absolute atomic E-state index is 0.0212. The van der Waals surface area contributed by atoms with Crippen molar-refractivity contribution >= 4 is 10.0 Å². The van der Waals surface area contributed by atoms with Gasteiger partial charge in [-0.25, -0.2) is 13.6 Å². The molecule has 0 aromatic heterocycles. The van der Waals surface area contributed by atoms with Gasteiger partial charge < -0.3 is 9.84 Å². The van der Waals surface area contributed by atoms with Crippen LogP contribution >= 0.6 is 0 Å². The number of rotatable bonds is 9. The maximum absolute atomic E-state index is 11.4. The van der Waals surface area contributed by atoms with Crippen molar-refractivity contribution in [2.75, 3.05) is 26.8 Å². The first-order valence-corrected chi connectivity index (χ1v) is 11.8. The number of primary sulfonamides is 1. The van der Waals surface area contributed by atoms with E-state index in [0.717, 1.165) is 17.9 Å². The van der Waals surface area contributed by atoms with Gasteiger partial charge in [0.25, 0.3) is 0 Å². The molecule has 1 aromatic carbocycles. The molecule has 4 unspecified atom stereocenters. The molecule has 3 N–H and O–H groups in total. The topological polar surface area (TPSA) is 92.9 Å². The van der Waals surface area contributed by atoms with Crippen molar-refractivity contribution in [1.29, 1.82) is 0 Å². The van der Waals surface area contributed by atoms with Crippen molar-refractivity contribution in [1.82, 2.24) is 4.90 Å². The molecule has 29 heavy (non-hydrogen) atoms. The summed E-state index contributed by atoms with van der Waals surface area (Å²) in [6.45, 7) is 8.08. The highest BCUT2D eigenvalue weighted by molar-refractivity contribution is 7.89. The van der Waals surface area contributed by atoms with E-state index in [9.17, 15) is 13.5 Å². The van der Waals surface area contributed by atoms with Crippen LogP contribution in [0.2, 0.25) is 0 Å². The fourth-order valence-corrected chi connectivity index (χ4v) is 5.20. The van der Waals surface area contributed by atoms with Crippen LogP contribution in [0, 0.1) is 17.3 Å². The zero-order valence-corrected chi connectivity index (χ0v) is 18.7. The van der Waals surface area contributed by atoms with Gasteiger partial charge in [0.2, 0.25) is 10.0 Å². The second-order valence-electron chi connectivity index (χ2n) is 9.22. The molecule has 7 heteroatoms. The van der Waals surface area contributed by atoms with Gasteiger partial charge in [-0.3, -0.25) is 4.90 Å². The number of allylic oxidation sites excluding steroid dienone is 1. The number of nitrogens with zero attached hydrogens (tertiary/aromatic N) is 1. The zero-order valence-electron chi connectivity index (χ0n) is 17.8. The Morgan fingerprint density at radius 2 is 1.97 bits per heavy atom. The molecule has 1 fully saturated rings. The Bertz CT molecular complexity index is 848. The van der Waals surface area contributed by atoms with E-state index in [1.54, 1.807) is 12.1 Å². The Balaban J connectivity index is 1.45. The van der Waals surface area contributed by atoms with Crippen LogP contribution in [-0.2, 0) is 14.8 Å². The lowest BCUT2D eigenvalue weighted by Crippen LogP contribution is -2.48. The number of likely N-dealkylation sites (N-methyl/N-ethyl adjacent to an activating group) is 1. The van der Waals surface area contributed by atoms with Crippen molar-refractivity contribution in [2.45, 2.75) is 50.7 Å². The first-order valence-electron chi connectivity index (χ1n) is 10.3. The summed E-state index contributed by atoms with van der Waals surface area (Å²) in [6.07, 6.45) is 4.16. The summed E-state index contributed by atoms with van der Waals surface area (Å²) in [7, 11) is -1.75. The smallest absolute Gasteiger partial charge is 0.238 e. The largest absolute Gasteiger partial charge is 0.389 e. The number of fused-ring (bicyclic) bond motifs is 1. The van der Waals surface area contributed by atoms with Crippen LogP contribution in [0.25, 0.3) is 0 Å². The molecule has 0 heterocycles. The van der Waals surface area contributed by atoms with Gasteiger partial charge in [-0.2, -0.15) is 0 Å². The zero-order chi connectivity index (χ0) is 21.4. The number of hydrogen-bond donors (Lipinski definition) is 2. The number of aliphatic hydroxyl groups is 1. The van der Waals surface area contributed by atoms with Crippen molar-refractivity contribution in [2.24, 2.45) is 22.4 Å². The Morgan fingerprint density at radius 1 is 1.31 bits per heavy atom. The molecule has 0 spiro atoms. The Hall–Kier alpha value is -1.25. The summed E-state index contributed by atoms with van der Waals surface area (Å²) in [5.41, 5.74) is 2.74. The van der Waals surface area contributed by atoms with Crippen LogP contribution in [0.15, 0.2) is 40.8 Å². The van der Waals surface area contributed by atoms with Crippen molar-refractivity contribution in [3.63, 3.8) is 0 Å². The number of nitrogens with two attached hydrogens (primary N) is 1. The van der Waals surface area contributed by atoms with Crippen LogP contribution in [0.1, 0.15) is 45.2 Å². The maximum atomic E-state index is 11.4. The minimum Gasteiger partial charge on any atom is -0.389 e. The van der Waals surface area contributed by atoms with Gasteiger partial charge in [-0.1, -0.05) is 32.1 Å². The summed E-state index contributed by atoms with van der Waals surface area (Å²) in [6, 6.07) is 6.56. The monoisotopic (exact) mass is 422 g/mol. The molecule has 162 valence electrons. The van der Waals surface area contributed by atoms with Crippen LogP contribution in [0.3, 0.4) is 0 Å². The number of ether oxygens (including phenoxy) is 1. The fraction of sp³-hybridized carbons (Fsp3) is 0.636. The van der Waals surface area contributed by atoms with Gasteiger partial charge in [-0.05, 0) is 67.3 Å². The van der Waals surface area contributed by atoms with Gasteiger partial charge in [0, 0.05) is 12.6 Å². The second-order valence-corrected chi connectivity index (χ2v) is 10.8. The highest BCUT2D eigenvalue weighted by Crippen LogP contribution is 2.59.